The summed E-state index contributed by atoms with van der Waals surface area (Å²) in [6, 6.07) is 8.35. The molecule has 0 atom stereocenters. The van der Waals surface area contributed by atoms with Crippen molar-refractivity contribution in [3.05, 3.63) is 30.3 Å². The molecule has 0 unspecified atom stereocenters. The fraction of sp³-hybridized carbons (Fsp3) is 0. The van der Waals surface area contributed by atoms with Crippen LogP contribution in [0.4, 0.5) is 0 Å². The molecule has 0 spiro atoms. The van der Waals surface area contributed by atoms with Gasteiger partial charge in [-0.25, -0.2) is 0 Å². The van der Waals surface area contributed by atoms with E-state index in [0.29, 0.717) is 5.19 Å². The fourth-order valence-electron chi connectivity index (χ4n) is 0.574. The van der Waals surface area contributed by atoms with Crippen LogP contribution in [0, 0.1) is 0 Å². The van der Waals surface area contributed by atoms with E-state index in [-0.39, 0.29) is 0 Å². The van der Waals surface area contributed by atoms with Crippen LogP contribution in [0.3, 0.4) is 0 Å². The predicted octanol–water partition coefficient (Wildman–Crippen LogP) is -0.827. The Balaban J connectivity index is 2.98. The van der Waals surface area contributed by atoms with Gasteiger partial charge in [0.25, 0.3) is 0 Å². The van der Waals surface area contributed by atoms with Crippen molar-refractivity contribution in [3.8, 4) is 0 Å². The normalized spacial score (nSPS) is 8.89. The van der Waals surface area contributed by atoms with E-state index in [2.05, 4.69) is 0 Å². The second kappa shape index (κ2) is 2.55. The van der Waals surface area contributed by atoms with E-state index in [0.717, 1.165) is 0 Å². The van der Waals surface area contributed by atoms with E-state index in [4.69, 9.17) is 0 Å². The lowest BCUT2D eigenvalue weighted by Crippen LogP contribution is -2.33. The lowest BCUT2D eigenvalue weighted by molar-refractivity contribution is -0.195. The largest absolute Gasteiger partial charge is 0.582 e. The first-order chi connectivity index (χ1) is 4.30. The first-order valence-electron chi connectivity index (χ1n) is 2.57. The Morgan fingerprint density at radius 2 is 1.78 bits per heavy atom. The topological polar surface area (TPSA) is 40.1 Å². The first kappa shape index (κ1) is 6.16. The van der Waals surface area contributed by atoms with Crippen LogP contribution in [0.25, 0.3) is 0 Å². The number of benzene rings is 1. The number of hydrogen-bond donors (Lipinski definition) is 0. The van der Waals surface area contributed by atoms with E-state index in [9.17, 15) is 9.26 Å². The second-order valence-electron chi connectivity index (χ2n) is 1.65. The summed E-state index contributed by atoms with van der Waals surface area (Å²) in [7, 11) is -2.71. The average molecular weight is 137 g/mol. The van der Waals surface area contributed by atoms with Gasteiger partial charge in [0, 0.05) is 0 Å². The summed E-state index contributed by atoms with van der Waals surface area (Å²) in [5.74, 6) is 0. The molecule has 0 aliphatic heterocycles. The summed E-state index contributed by atoms with van der Waals surface area (Å²) in [6.07, 6.45) is 0. The van der Waals surface area contributed by atoms with Crippen LogP contribution in [0.5, 0.6) is 0 Å². The molecule has 0 fully saturated rings. The Kier molecular flexibility index (Phi) is 1.74. The minimum absolute atomic E-state index is 0.405. The third-order valence-corrected chi connectivity index (χ3v) is 1.81. The quantitative estimate of drug-likeness (QED) is 0.474. The van der Waals surface area contributed by atoms with Gasteiger partial charge >= 0.3 is 0 Å². The summed E-state index contributed by atoms with van der Waals surface area (Å²) in [5, 5.41) is 0.405. The first-order valence-corrected chi connectivity index (χ1v) is 3.89. The monoisotopic (exact) mass is 137 g/mol. The molecule has 0 radical (unpaired) electrons. The summed E-state index contributed by atoms with van der Waals surface area (Å²) < 4.78 is 10.3. The van der Waals surface area contributed by atoms with Crippen LogP contribution in [0.2, 0.25) is 0 Å². The highest BCUT2D eigenvalue weighted by Gasteiger charge is 1.87. The van der Waals surface area contributed by atoms with Gasteiger partial charge in [-0.15, -0.1) is 0 Å². The SMILES string of the molecule is O=[Si]([O-])c1ccccc1. The highest BCUT2D eigenvalue weighted by atomic mass is 28.3. The van der Waals surface area contributed by atoms with Gasteiger partial charge in [0.15, 0.2) is 8.93 Å². The van der Waals surface area contributed by atoms with Crippen LogP contribution in [-0.2, 0) is 4.46 Å². The zero-order chi connectivity index (χ0) is 6.69. The smallest absolute Gasteiger partial charge is 0.177 e. The van der Waals surface area contributed by atoms with Gasteiger partial charge in [-0.2, -0.15) is 0 Å². The number of rotatable bonds is 1. The lowest BCUT2D eigenvalue weighted by atomic mass is 10.4. The van der Waals surface area contributed by atoms with Crippen LogP contribution in [0.1, 0.15) is 0 Å². The molecule has 1 rings (SSSR count). The lowest BCUT2D eigenvalue weighted by Gasteiger charge is -1.96. The molecule has 46 valence electrons. The predicted molar refractivity (Wildman–Crippen MR) is 32.5 cm³/mol. The highest BCUT2D eigenvalue weighted by molar-refractivity contribution is 6.50. The minimum Gasteiger partial charge on any atom is -0.582 e. The van der Waals surface area contributed by atoms with Gasteiger partial charge in [0.05, 0.1) is 0 Å². The third-order valence-electron chi connectivity index (χ3n) is 1.01. The molecule has 0 bridgehead atoms. The van der Waals surface area contributed by atoms with Crippen molar-refractivity contribution < 1.29 is 9.26 Å². The Hall–Kier alpha value is -0.963. The molecular weight excluding hydrogens is 132 g/mol. The van der Waals surface area contributed by atoms with E-state index < -0.39 is 8.93 Å². The fourth-order valence-corrected chi connectivity index (χ4v) is 1.04. The van der Waals surface area contributed by atoms with Crippen molar-refractivity contribution in [3.63, 3.8) is 0 Å². The maximum absolute atomic E-state index is 10.3. The van der Waals surface area contributed by atoms with E-state index >= 15 is 0 Å². The molecule has 0 saturated heterocycles. The Labute approximate surface area is 54.6 Å². The van der Waals surface area contributed by atoms with Gasteiger partial charge in [-0.05, 0) is 5.19 Å². The third kappa shape index (κ3) is 1.47. The molecule has 1 aromatic rings. The molecule has 0 aliphatic rings. The standard InChI is InChI=1S/C6H5O2Si/c7-9(8)6-4-2-1-3-5-6/h1-5H/q-1. The molecule has 3 heteroatoms. The van der Waals surface area contributed by atoms with Crippen molar-refractivity contribution >= 4 is 14.1 Å². The van der Waals surface area contributed by atoms with Crippen LogP contribution in [-0.4, -0.2) is 8.93 Å². The molecule has 2 nitrogen and oxygen atoms in total. The van der Waals surface area contributed by atoms with Crippen LogP contribution < -0.4 is 9.98 Å². The number of hydrogen-bond acceptors (Lipinski definition) is 2. The molecular formula is C6H5O2Si-. The zero-order valence-corrected chi connectivity index (χ0v) is 5.70. The van der Waals surface area contributed by atoms with Gasteiger partial charge in [0.1, 0.15) is 0 Å². The molecule has 0 N–H and O–H groups in total. The van der Waals surface area contributed by atoms with Crippen molar-refractivity contribution in [2.24, 2.45) is 0 Å². The summed E-state index contributed by atoms with van der Waals surface area (Å²) >= 11 is 0. The molecule has 0 aromatic heterocycles. The maximum Gasteiger partial charge on any atom is 0.177 e. The van der Waals surface area contributed by atoms with E-state index in [1.165, 1.54) is 0 Å². The second-order valence-corrected chi connectivity index (χ2v) is 2.81. The zero-order valence-electron chi connectivity index (χ0n) is 4.70. The van der Waals surface area contributed by atoms with Gasteiger partial charge < -0.3 is 9.26 Å². The highest BCUT2D eigenvalue weighted by Crippen LogP contribution is 1.79. The van der Waals surface area contributed by atoms with Gasteiger partial charge in [0.2, 0.25) is 0 Å². The van der Waals surface area contributed by atoms with Crippen LogP contribution >= 0.6 is 0 Å². The molecule has 0 heterocycles. The molecule has 9 heavy (non-hydrogen) atoms. The molecule has 1 aromatic carbocycles. The maximum atomic E-state index is 10.3. The van der Waals surface area contributed by atoms with Gasteiger partial charge in [-0.3, -0.25) is 0 Å². The Morgan fingerprint density at radius 1 is 1.22 bits per heavy atom. The van der Waals surface area contributed by atoms with Crippen molar-refractivity contribution in [1.29, 1.82) is 0 Å². The summed E-state index contributed by atoms with van der Waals surface area (Å²) in [6.45, 7) is 0. The van der Waals surface area contributed by atoms with Crippen molar-refractivity contribution in [2.75, 3.05) is 0 Å². The Bertz CT molecular complexity index is 208. The molecule has 0 saturated carbocycles. The van der Waals surface area contributed by atoms with Crippen molar-refractivity contribution in [2.45, 2.75) is 0 Å². The summed E-state index contributed by atoms with van der Waals surface area (Å²) in [4.78, 5) is 10.3. The van der Waals surface area contributed by atoms with E-state index in [1.54, 1.807) is 30.3 Å². The minimum atomic E-state index is -2.71. The Morgan fingerprint density at radius 3 is 2.11 bits per heavy atom. The average Bonchev–Trinajstić information content (AvgIpc) is 1.90. The summed E-state index contributed by atoms with van der Waals surface area (Å²) in [5.41, 5.74) is 0. The molecule has 0 aliphatic carbocycles. The van der Waals surface area contributed by atoms with Crippen molar-refractivity contribution in [1.82, 2.24) is 0 Å². The molecule has 0 amide bonds. The van der Waals surface area contributed by atoms with Crippen LogP contribution in [0.15, 0.2) is 30.3 Å². The van der Waals surface area contributed by atoms with Gasteiger partial charge in [-0.1, -0.05) is 30.3 Å². The van der Waals surface area contributed by atoms with E-state index in [1.807, 2.05) is 0 Å².